The van der Waals surface area contributed by atoms with Crippen LogP contribution in [-0.2, 0) is 14.3 Å². The average molecular weight is 287 g/mol. The molecule has 2 rings (SSSR count). The summed E-state index contributed by atoms with van der Waals surface area (Å²) in [5, 5.41) is 0. The Morgan fingerprint density at radius 3 is 2.53 bits per heavy atom. The third-order valence-corrected chi connectivity index (χ3v) is 4.79. The fraction of sp³-hybridized carbons (Fsp3) is 0.929. The predicted octanol–water partition coefficient (Wildman–Crippen LogP) is 1.78. The van der Waals surface area contributed by atoms with Crippen molar-refractivity contribution in [2.75, 3.05) is 44.4 Å². The topological polar surface area (TPSA) is 38.8 Å². The maximum Gasteiger partial charge on any atom is 0.308 e. The second-order valence-electron chi connectivity index (χ2n) is 5.76. The summed E-state index contributed by atoms with van der Waals surface area (Å²) < 4.78 is 11.3. The molecule has 0 bridgehead atoms. The fourth-order valence-corrected chi connectivity index (χ4v) is 3.77. The van der Waals surface area contributed by atoms with E-state index in [0.29, 0.717) is 0 Å². The third-order valence-electron chi connectivity index (χ3n) is 3.81. The zero-order chi connectivity index (χ0) is 13.7. The van der Waals surface area contributed by atoms with Crippen LogP contribution in [0.3, 0.4) is 0 Å². The van der Waals surface area contributed by atoms with Crippen LogP contribution in [-0.4, -0.2) is 60.8 Å². The number of rotatable bonds is 4. The van der Waals surface area contributed by atoms with E-state index in [1.54, 1.807) is 0 Å². The van der Waals surface area contributed by atoms with E-state index in [9.17, 15) is 4.79 Å². The normalized spacial score (nSPS) is 24.4. The Morgan fingerprint density at radius 1 is 1.32 bits per heavy atom. The van der Waals surface area contributed by atoms with Crippen molar-refractivity contribution >= 4 is 17.7 Å². The van der Waals surface area contributed by atoms with Gasteiger partial charge in [0.05, 0.1) is 19.1 Å². The van der Waals surface area contributed by atoms with Gasteiger partial charge in [-0.3, -0.25) is 9.69 Å². The number of ether oxygens (including phenoxy) is 2. The molecule has 0 aromatic rings. The number of morpholine rings is 1. The Hall–Kier alpha value is -0.260. The number of thioether (sulfide) groups is 1. The number of hydrogen-bond acceptors (Lipinski definition) is 5. The molecule has 0 N–H and O–H groups in total. The van der Waals surface area contributed by atoms with E-state index < -0.39 is 0 Å². The lowest BCUT2D eigenvalue weighted by molar-refractivity contribution is -0.168. The Labute approximate surface area is 120 Å². The Morgan fingerprint density at radius 2 is 1.95 bits per heavy atom. The lowest BCUT2D eigenvalue weighted by Crippen LogP contribution is -2.51. The van der Waals surface area contributed by atoms with Crippen molar-refractivity contribution in [3.05, 3.63) is 0 Å². The molecule has 0 atom stereocenters. The maximum atomic E-state index is 12.0. The van der Waals surface area contributed by atoms with E-state index in [0.717, 1.165) is 57.2 Å². The highest BCUT2D eigenvalue weighted by Crippen LogP contribution is 2.32. The van der Waals surface area contributed by atoms with Crippen LogP contribution in [0.5, 0.6) is 0 Å². The van der Waals surface area contributed by atoms with Crippen molar-refractivity contribution in [2.24, 2.45) is 5.92 Å². The first-order valence-corrected chi connectivity index (χ1v) is 8.37. The molecule has 2 heterocycles. The van der Waals surface area contributed by atoms with Gasteiger partial charge in [0.15, 0.2) is 0 Å². The van der Waals surface area contributed by atoms with Crippen LogP contribution in [0.2, 0.25) is 0 Å². The quantitative estimate of drug-likeness (QED) is 0.737. The summed E-state index contributed by atoms with van der Waals surface area (Å²) in [7, 11) is 0. The molecule has 0 aromatic heterocycles. The van der Waals surface area contributed by atoms with Gasteiger partial charge in [0.25, 0.3) is 0 Å². The van der Waals surface area contributed by atoms with Crippen LogP contribution >= 0.6 is 11.8 Å². The number of nitrogens with zero attached hydrogens (tertiary/aromatic N) is 1. The smallest absolute Gasteiger partial charge is 0.308 e. The van der Waals surface area contributed by atoms with Gasteiger partial charge < -0.3 is 9.47 Å². The first-order valence-electron chi connectivity index (χ1n) is 7.22. The SMILES string of the molecule is CC(C)C(=O)OC1(CN2CCOCC2)CCSCC1. The highest BCUT2D eigenvalue weighted by atomic mass is 32.2. The fourth-order valence-electron chi connectivity index (χ4n) is 2.53. The van der Waals surface area contributed by atoms with Crippen molar-refractivity contribution < 1.29 is 14.3 Å². The highest BCUT2D eigenvalue weighted by molar-refractivity contribution is 7.99. The second-order valence-corrected chi connectivity index (χ2v) is 6.98. The van der Waals surface area contributed by atoms with E-state index in [4.69, 9.17) is 9.47 Å². The molecule has 0 aromatic carbocycles. The summed E-state index contributed by atoms with van der Waals surface area (Å²) in [5.74, 6) is 2.09. The molecule has 2 saturated heterocycles. The standard InChI is InChI=1S/C14H25NO3S/c1-12(2)13(16)18-14(3-9-19-10-4-14)11-15-5-7-17-8-6-15/h12H,3-11H2,1-2H3. The molecule has 2 aliphatic heterocycles. The van der Waals surface area contributed by atoms with Gasteiger partial charge in [-0.25, -0.2) is 0 Å². The predicted molar refractivity (Wildman–Crippen MR) is 77.5 cm³/mol. The molecule has 110 valence electrons. The van der Waals surface area contributed by atoms with Gasteiger partial charge in [-0.05, 0) is 24.3 Å². The number of carbonyl (C=O) groups is 1. The molecular formula is C14H25NO3S. The zero-order valence-corrected chi connectivity index (χ0v) is 12.8. The molecule has 0 unspecified atom stereocenters. The van der Waals surface area contributed by atoms with Crippen LogP contribution < -0.4 is 0 Å². The summed E-state index contributed by atoms with van der Waals surface area (Å²) in [6, 6.07) is 0. The van der Waals surface area contributed by atoms with E-state index in [-0.39, 0.29) is 17.5 Å². The first kappa shape index (κ1) is 15.1. The van der Waals surface area contributed by atoms with E-state index in [1.165, 1.54) is 0 Å². The number of hydrogen-bond donors (Lipinski definition) is 0. The molecular weight excluding hydrogens is 262 g/mol. The lowest BCUT2D eigenvalue weighted by Gasteiger charge is -2.41. The van der Waals surface area contributed by atoms with Gasteiger partial charge in [-0.15, -0.1) is 0 Å². The van der Waals surface area contributed by atoms with Gasteiger partial charge >= 0.3 is 5.97 Å². The molecule has 19 heavy (non-hydrogen) atoms. The minimum absolute atomic E-state index is 0.0452. The van der Waals surface area contributed by atoms with Crippen molar-refractivity contribution in [3.63, 3.8) is 0 Å². The summed E-state index contributed by atoms with van der Waals surface area (Å²) in [6.07, 6.45) is 1.96. The van der Waals surface area contributed by atoms with E-state index in [2.05, 4.69) is 4.90 Å². The second kappa shape index (κ2) is 6.95. The highest BCUT2D eigenvalue weighted by Gasteiger charge is 2.38. The van der Waals surface area contributed by atoms with Crippen molar-refractivity contribution in [1.82, 2.24) is 4.90 Å². The molecule has 0 spiro atoms. The van der Waals surface area contributed by atoms with E-state index in [1.807, 2.05) is 25.6 Å². The zero-order valence-electron chi connectivity index (χ0n) is 12.0. The van der Waals surface area contributed by atoms with Crippen LogP contribution in [0.4, 0.5) is 0 Å². The van der Waals surface area contributed by atoms with Gasteiger partial charge in [0.1, 0.15) is 5.60 Å². The van der Waals surface area contributed by atoms with E-state index >= 15 is 0 Å². The first-order chi connectivity index (χ1) is 9.11. The van der Waals surface area contributed by atoms with Gasteiger partial charge in [0.2, 0.25) is 0 Å². The van der Waals surface area contributed by atoms with Crippen LogP contribution in [0.15, 0.2) is 0 Å². The summed E-state index contributed by atoms with van der Waals surface area (Å²) in [6.45, 7) is 8.17. The van der Waals surface area contributed by atoms with Crippen molar-refractivity contribution in [1.29, 1.82) is 0 Å². The molecule has 0 radical (unpaired) electrons. The summed E-state index contributed by atoms with van der Waals surface area (Å²) in [5.41, 5.74) is -0.260. The molecule has 4 nitrogen and oxygen atoms in total. The van der Waals surface area contributed by atoms with Gasteiger partial charge in [-0.2, -0.15) is 11.8 Å². The molecule has 5 heteroatoms. The van der Waals surface area contributed by atoms with Crippen molar-refractivity contribution in [2.45, 2.75) is 32.3 Å². The summed E-state index contributed by atoms with van der Waals surface area (Å²) >= 11 is 1.96. The van der Waals surface area contributed by atoms with Crippen LogP contribution in [0.25, 0.3) is 0 Å². The molecule has 0 aliphatic carbocycles. The Kier molecular flexibility index (Phi) is 5.54. The van der Waals surface area contributed by atoms with Gasteiger partial charge in [0, 0.05) is 19.6 Å². The lowest BCUT2D eigenvalue weighted by atomic mass is 9.95. The van der Waals surface area contributed by atoms with Crippen LogP contribution in [0.1, 0.15) is 26.7 Å². The minimum atomic E-state index is -0.260. The number of esters is 1. The minimum Gasteiger partial charge on any atom is -0.457 e. The number of carbonyl (C=O) groups excluding carboxylic acids is 1. The molecule has 0 saturated carbocycles. The van der Waals surface area contributed by atoms with Crippen LogP contribution in [0, 0.1) is 5.92 Å². The molecule has 2 fully saturated rings. The molecule has 0 amide bonds. The largest absolute Gasteiger partial charge is 0.457 e. The summed E-state index contributed by atoms with van der Waals surface area (Å²) in [4.78, 5) is 14.4. The average Bonchev–Trinajstić information content (AvgIpc) is 2.40. The Balaban J connectivity index is 1.98. The van der Waals surface area contributed by atoms with Crippen molar-refractivity contribution in [3.8, 4) is 0 Å². The van der Waals surface area contributed by atoms with Gasteiger partial charge in [-0.1, -0.05) is 13.8 Å². The monoisotopic (exact) mass is 287 g/mol. The maximum absolute atomic E-state index is 12.0. The molecule has 2 aliphatic rings. The Bertz CT molecular complexity index is 297. The third kappa shape index (κ3) is 4.36.